The van der Waals surface area contributed by atoms with Crippen LogP contribution in [0, 0.1) is 5.92 Å². The van der Waals surface area contributed by atoms with Gasteiger partial charge in [-0.05, 0) is 30.3 Å². The fraction of sp³-hybridized carbons (Fsp3) is 0.333. The first kappa shape index (κ1) is 17.4. The number of benzene rings is 1. The number of amides is 2. The van der Waals surface area contributed by atoms with Crippen LogP contribution >= 0.6 is 11.6 Å². The maximum Gasteiger partial charge on any atom is 0.227 e. The van der Waals surface area contributed by atoms with E-state index in [9.17, 15) is 9.59 Å². The van der Waals surface area contributed by atoms with Gasteiger partial charge in [0.25, 0.3) is 0 Å². The van der Waals surface area contributed by atoms with E-state index in [4.69, 9.17) is 16.3 Å². The van der Waals surface area contributed by atoms with Crippen molar-refractivity contribution in [3.05, 3.63) is 47.7 Å². The van der Waals surface area contributed by atoms with Gasteiger partial charge in [0.2, 0.25) is 11.8 Å². The molecule has 1 N–H and O–H groups in total. The molecule has 1 fully saturated rings. The van der Waals surface area contributed by atoms with Gasteiger partial charge in [-0.15, -0.1) is 0 Å². The van der Waals surface area contributed by atoms with Gasteiger partial charge in [-0.2, -0.15) is 0 Å². The number of ether oxygens (including phenoxy) is 1. The maximum atomic E-state index is 12.3. The molecule has 1 saturated heterocycles. The Morgan fingerprint density at radius 3 is 2.80 bits per heavy atom. The first-order valence-corrected chi connectivity index (χ1v) is 8.48. The number of methoxy groups -OCH3 is 1. The summed E-state index contributed by atoms with van der Waals surface area (Å²) in [5.74, 6) is 0.0313. The van der Waals surface area contributed by atoms with E-state index in [2.05, 4.69) is 5.32 Å². The van der Waals surface area contributed by atoms with Crippen LogP contribution in [-0.2, 0) is 16.1 Å². The maximum absolute atomic E-state index is 12.3. The normalized spacial score (nSPS) is 17.0. The number of carbonyl (C=O) groups excluding carboxylic acids is 2. The molecule has 1 aliphatic rings. The molecule has 7 heteroatoms. The Bertz CT molecular complexity index is 761. The lowest BCUT2D eigenvalue weighted by molar-refractivity contribution is -0.126. The highest BCUT2D eigenvalue weighted by Crippen LogP contribution is 2.32. The summed E-state index contributed by atoms with van der Waals surface area (Å²) in [5.41, 5.74) is 0.679. The van der Waals surface area contributed by atoms with Crippen molar-refractivity contribution in [2.45, 2.75) is 13.0 Å². The van der Waals surface area contributed by atoms with Gasteiger partial charge < -0.3 is 19.5 Å². The first-order chi connectivity index (χ1) is 12.1. The van der Waals surface area contributed by atoms with Crippen molar-refractivity contribution >= 4 is 29.1 Å². The molecule has 1 aromatic carbocycles. The van der Waals surface area contributed by atoms with Crippen molar-refractivity contribution in [1.82, 2.24) is 9.88 Å². The zero-order valence-electron chi connectivity index (χ0n) is 13.9. The zero-order chi connectivity index (χ0) is 17.8. The first-order valence-electron chi connectivity index (χ1n) is 8.11. The molecular formula is C18H20ClN3O3. The SMILES string of the molecule is COc1ccc(N2CC(C(=O)NCCn3cccc3)CC2=O)cc1Cl. The molecule has 2 amide bonds. The topological polar surface area (TPSA) is 63.6 Å². The minimum atomic E-state index is -0.349. The molecule has 1 aromatic heterocycles. The van der Waals surface area contributed by atoms with Crippen molar-refractivity contribution < 1.29 is 14.3 Å². The molecule has 25 heavy (non-hydrogen) atoms. The highest BCUT2D eigenvalue weighted by molar-refractivity contribution is 6.32. The van der Waals surface area contributed by atoms with Gasteiger partial charge in [-0.1, -0.05) is 11.6 Å². The van der Waals surface area contributed by atoms with Gasteiger partial charge in [-0.3, -0.25) is 9.59 Å². The van der Waals surface area contributed by atoms with E-state index in [0.717, 1.165) is 0 Å². The molecule has 0 aliphatic carbocycles. The minimum Gasteiger partial charge on any atom is -0.495 e. The minimum absolute atomic E-state index is 0.0770. The van der Waals surface area contributed by atoms with E-state index < -0.39 is 0 Å². The monoisotopic (exact) mass is 361 g/mol. The molecule has 0 bridgehead atoms. The van der Waals surface area contributed by atoms with Gasteiger partial charge >= 0.3 is 0 Å². The number of carbonyl (C=O) groups is 2. The van der Waals surface area contributed by atoms with Crippen molar-refractivity contribution in [2.75, 3.05) is 25.1 Å². The molecule has 3 rings (SSSR count). The highest BCUT2D eigenvalue weighted by atomic mass is 35.5. The second-order valence-electron chi connectivity index (χ2n) is 5.94. The summed E-state index contributed by atoms with van der Waals surface area (Å²) in [5, 5.41) is 3.34. The fourth-order valence-electron chi connectivity index (χ4n) is 2.93. The number of rotatable bonds is 6. The zero-order valence-corrected chi connectivity index (χ0v) is 14.7. The number of aromatic nitrogens is 1. The molecule has 0 radical (unpaired) electrons. The van der Waals surface area contributed by atoms with Crippen molar-refractivity contribution in [2.24, 2.45) is 5.92 Å². The third-order valence-electron chi connectivity index (χ3n) is 4.28. The Balaban J connectivity index is 1.58. The van der Waals surface area contributed by atoms with E-state index in [1.54, 1.807) is 23.1 Å². The van der Waals surface area contributed by atoms with Crippen LogP contribution in [0.15, 0.2) is 42.7 Å². The summed E-state index contributed by atoms with van der Waals surface area (Å²) < 4.78 is 7.11. The Kier molecular flexibility index (Phi) is 5.28. The summed E-state index contributed by atoms with van der Waals surface area (Å²) in [7, 11) is 1.54. The van der Waals surface area contributed by atoms with Gasteiger partial charge in [0, 0.05) is 44.1 Å². The summed E-state index contributed by atoms with van der Waals surface area (Å²) in [6, 6.07) is 9.06. The molecule has 0 spiro atoms. The van der Waals surface area contributed by atoms with E-state index in [-0.39, 0.29) is 24.2 Å². The predicted molar refractivity (Wildman–Crippen MR) is 95.9 cm³/mol. The highest BCUT2D eigenvalue weighted by Gasteiger charge is 2.35. The average molecular weight is 362 g/mol. The van der Waals surface area contributed by atoms with Crippen LogP contribution in [0.4, 0.5) is 5.69 Å². The van der Waals surface area contributed by atoms with E-state index >= 15 is 0 Å². The Hall–Kier alpha value is -2.47. The quantitative estimate of drug-likeness (QED) is 0.858. The van der Waals surface area contributed by atoms with Crippen molar-refractivity contribution in [3.63, 3.8) is 0 Å². The summed E-state index contributed by atoms with van der Waals surface area (Å²) in [6.07, 6.45) is 4.10. The van der Waals surface area contributed by atoms with E-state index in [1.165, 1.54) is 7.11 Å². The van der Waals surface area contributed by atoms with E-state index in [1.807, 2.05) is 29.1 Å². The summed E-state index contributed by atoms with van der Waals surface area (Å²) in [4.78, 5) is 26.2. The van der Waals surface area contributed by atoms with Gasteiger partial charge in [0.15, 0.2) is 0 Å². The van der Waals surface area contributed by atoms with Crippen molar-refractivity contribution in [1.29, 1.82) is 0 Å². The van der Waals surface area contributed by atoms with Crippen LogP contribution < -0.4 is 15.0 Å². The summed E-state index contributed by atoms with van der Waals surface area (Å²) in [6.45, 7) is 1.60. The number of nitrogens with one attached hydrogen (secondary N) is 1. The van der Waals surface area contributed by atoms with Crippen LogP contribution in [0.5, 0.6) is 5.75 Å². The molecular weight excluding hydrogens is 342 g/mol. The second-order valence-corrected chi connectivity index (χ2v) is 6.34. The molecule has 1 atom stereocenters. The molecule has 132 valence electrons. The number of anilines is 1. The number of halogens is 1. The van der Waals surface area contributed by atoms with Crippen LogP contribution in [-0.4, -0.2) is 36.6 Å². The molecule has 2 aromatic rings. The lowest BCUT2D eigenvalue weighted by atomic mass is 10.1. The smallest absolute Gasteiger partial charge is 0.227 e. The lowest BCUT2D eigenvalue weighted by Crippen LogP contribution is -2.34. The van der Waals surface area contributed by atoms with Crippen LogP contribution in [0.1, 0.15) is 6.42 Å². The van der Waals surface area contributed by atoms with Gasteiger partial charge in [0.1, 0.15) is 5.75 Å². The van der Waals surface area contributed by atoms with Gasteiger partial charge in [-0.25, -0.2) is 0 Å². The molecule has 1 unspecified atom stereocenters. The predicted octanol–water partition coefficient (Wildman–Crippen LogP) is 2.32. The Labute approximate surface area is 151 Å². The Morgan fingerprint density at radius 2 is 2.12 bits per heavy atom. The summed E-state index contributed by atoms with van der Waals surface area (Å²) >= 11 is 6.13. The lowest BCUT2D eigenvalue weighted by Gasteiger charge is -2.18. The van der Waals surface area contributed by atoms with Crippen molar-refractivity contribution in [3.8, 4) is 5.75 Å². The van der Waals surface area contributed by atoms with Crippen LogP contribution in [0.2, 0.25) is 5.02 Å². The number of hydrogen-bond donors (Lipinski definition) is 1. The molecule has 2 heterocycles. The van der Waals surface area contributed by atoms with Crippen LogP contribution in [0.25, 0.3) is 0 Å². The number of nitrogens with zero attached hydrogens (tertiary/aromatic N) is 2. The van der Waals surface area contributed by atoms with E-state index in [0.29, 0.717) is 36.1 Å². The molecule has 0 saturated carbocycles. The van der Waals surface area contributed by atoms with Crippen LogP contribution in [0.3, 0.4) is 0 Å². The molecule has 1 aliphatic heterocycles. The third kappa shape index (κ3) is 3.96. The average Bonchev–Trinajstić information content (AvgIpc) is 3.24. The largest absolute Gasteiger partial charge is 0.495 e. The van der Waals surface area contributed by atoms with Gasteiger partial charge in [0.05, 0.1) is 18.1 Å². The Morgan fingerprint density at radius 1 is 1.36 bits per heavy atom. The second kappa shape index (κ2) is 7.61. The third-order valence-corrected chi connectivity index (χ3v) is 4.57. The number of hydrogen-bond acceptors (Lipinski definition) is 3. The standard InChI is InChI=1S/C18H20ClN3O3/c1-25-16-5-4-14(11-15(16)19)22-12-13(10-17(22)23)18(24)20-6-9-21-7-2-3-8-21/h2-5,7-8,11,13H,6,9-10,12H2,1H3,(H,20,24). The fourth-order valence-corrected chi connectivity index (χ4v) is 3.18. The molecule has 6 nitrogen and oxygen atoms in total.